The van der Waals surface area contributed by atoms with Crippen molar-refractivity contribution >= 4 is 0 Å². The Bertz CT molecular complexity index is 230. The molecule has 1 N–H and O–H groups in total. The van der Waals surface area contributed by atoms with Crippen LogP contribution in [-0.2, 0) is 12.8 Å². The lowest BCUT2D eigenvalue weighted by atomic mass is 10.1. The van der Waals surface area contributed by atoms with Crippen LogP contribution < -0.4 is 0 Å². The molecule has 0 atom stereocenters. The average molecular weight is 148 g/mol. The molecule has 0 spiro atoms. The van der Waals surface area contributed by atoms with Gasteiger partial charge in [0, 0.05) is 12.8 Å². The number of fused-ring (bicyclic) bond motifs is 1. The summed E-state index contributed by atoms with van der Waals surface area (Å²) in [7, 11) is 3.58. The van der Waals surface area contributed by atoms with Crippen LogP contribution in [-0.4, -0.2) is 10.8 Å². The van der Waals surface area contributed by atoms with Crippen molar-refractivity contribution in [3.05, 3.63) is 42.5 Å². The summed E-state index contributed by atoms with van der Waals surface area (Å²) >= 11 is 0. The topological polar surface area (TPSA) is 12.8 Å². The highest BCUT2D eigenvalue weighted by Crippen LogP contribution is 2.22. The van der Waals surface area contributed by atoms with E-state index in [4.69, 9.17) is 0 Å². The van der Waals surface area contributed by atoms with E-state index in [1.807, 2.05) is 0 Å². The maximum atomic E-state index is 4.05. The highest BCUT2D eigenvalue weighted by Gasteiger charge is 2.21. The molecule has 0 saturated heterocycles. The van der Waals surface area contributed by atoms with Crippen LogP contribution in [0, 0.1) is 7.11 Å². The molecule has 0 radical (unpaired) electrons. The van der Waals surface area contributed by atoms with Gasteiger partial charge in [-0.3, -0.25) is 0 Å². The Balaban J connectivity index is 2.27. The van der Waals surface area contributed by atoms with Crippen LogP contribution in [0.4, 0.5) is 0 Å². The van der Waals surface area contributed by atoms with Gasteiger partial charge in [-0.2, -0.15) is 0 Å². The first-order valence-electron chi connectivity index (χ1n) is 3.93. The third-order valence-corrected chi connectivity index (χ3v) is 2.29. The molecule has 0 heterocycles. The van der Waals surface area contributed by atoms with Gasteiger partial charge in [-0.1, -0.05) is 31.4 Å². The molecule has 0 saturated carbocycles. The van der Waals surface area contributed by atoms with Crippen LogP contribution in [0.15, 0.2) is 24.3 Å². The first-order valence-corrected chi connectivity index (χ1v) is 3.93. The lowest BCUT2D eigenvalue weighted by molar-refractivity contribution is -0.0179. The predicted octanol–water partition coefficient (Wildman–Crippen LogP) is 1.47. The van der Waals surface area contributed by atoms with E-state index in [-0.39, 0.29) is 0 Å². The van der Waals surface area contributed by atoms with Gasteiger partial charge >= 0.3 is 0 Å². The SMILES string of the molecule is [CH2-][OH+]C1Cc2ccccc2C1. The van der Waals surface area contributed by atoms with E-state index in [1.54, 1.807) is 0 Å². The largest absolute Gasteiger partial charge is 0.579 e. The van der Waals surface area contributed by atoms with E-state index in [2.05, 4.69) is 36.1 Å². The molecule has 1 nitrogen and oxygen atoms in total. The van der Waals surface area contributed by atoms with Crippen molar-refractivity contribution in [2.24, 2.45) is 0 Å². The molecule has 0 bridgehead atoms. The molecule has 0 unspecified atom stereocenters. The molecule has 2 rings (SSSR count). The quantitative estimate of drug-likeness (QED) is 0.422. The first-order chi connectivity index (χ1) is 5.40. The number of ether oxygens (including phenoxy) is 1. The van der Waals surface area contributed by atoms with E-state index in [1.165, 1.54) is 11.1 Å². The van der Waals surface area contributed by atoms with Crippen LogP contribution in [0.5, 0.6) is 0 Å². The molecule has 1 aliphatic rings. The molecule has 1 aromatic carbocycles. The maximum absolute atomic E-state index is 4.05. The third-order valence-electron chi connectivity index (χ3n) is 2.29. The molecule has 0 fully saturated rings. The maximum Gasteiger partial charge on any atom is 0.137 e. The Morgan fingerprint density at radius 3 is 2.18 bits per heavy atom. The van der Waals surface area contributed by atoms with Crippen molar-refractivity contribution in [3.8, 4) is 0 Å². The fourth-order valence-electron chi connectivity index (χ4n) is 1.66. The third kappa shape index (κ3) is 1.16. The summed E-state index contributed by atoms with van der Waals surface area (Å²) in [4.78, 5) is 0. The summed E-state index contributed by atoms with van der Waals surface area (Å²) in [6.07, 6.45) is 2.60. The Morgan fingerprint density at radius 2 is 1.73 bits per heavy atom. The van der Waals surface area contributed by atoms with Gasteiger partial charge < -0.3 is 4.74 Å². The Hall–Kier alpha value is -0.820. The highest BCUT2D eigenvalue weighted by molar-refractivity contribution is 5.32. The second-order valence-electron chi connectivity index (χ2n) is 3.01. The molecule has 58 valence electrons. The molecule has 0 aliphatic heterocycles. The van der Waals surface area contributed by atoms with E-state index < -0.39 is 0 Å². The Kier molecular flexibility index (Phi) is 1.66. The Labute approximate surface area is 67.0 Å². The second-order valence-corrected chi connectivity index (χ2v) is 3.01. The van der Waals surface area contributed by atoms with Crippen LogP contribution in [0.1, 0.15) is 11.1 Å². The fraction of sp³-hybridized carbons (Fsp3) is 0.300. The molecular weight excluding hydrogens is 136 g/mol. The standard InChI is InChI=1S/C10H12O/c1-11-10-6-8-4-2-3-5-9(8)7-10/h2-5,10-11H,1,6-7H2. The molecule has 1 heteroatoms. The van der Waals surface area contributed by atoms with Gasteiger partial charge in [0.1, 0.15) is 6.10 Å². The molecule has 1 aromatic rings. The number of hydrogen-bond donors (Lipinski definition) is 0. The van der Waals surface area contributed by atoms with E-state index in [9.17, 15) is 0 Å². The number of benzene rings is 1. The monoisotopic (exact) mass is 148 g/mol. The van der Waals surface area contributed by atoms with Crippen LogP contribution in [0.25, 0.3) is 0 Å². The van der Waals surface area contributed by atoms with Gasteiger partial charge in [0.15, 0.2) is 0 Å². The predicted molar refractivity (Wildman–Crippen MR) is 45.2 cm³/mol. The number of hydrogen-bond acceptors (Lipinski definition) is 0. The smallest absolute Gasteiger partial charge is 0.137 e. The lowest BCUT2D eigenvalue weighted by Crippen LogP contribution is -2.11. The van der Waals surface area contributed by atoms with Gasteiger partial charge in [-0.05, 0) is 11.1 Å². The van der Waals surface area contributed by atoms with Crippen molar-refractivity contribution < 1.29 is 4.74 Å². The van der Waals surface area contributed by atoms with Gasteiger partial charge in [0.2, 0.25) is 0 Å². The van der Waals surface area contributed by atoms with Crippen molar-refractivity contribution in [3.63, 3.8) is 0 Å². The van der Waals surface area contributed by atoms with Gasteiger partial charge in [0.25, 0.3) is 0 Å². The molecule has 11 heavy (non-hydrogen) atoms. The van der Waals surface area contributed by atoms with Crippen LogP contribution in [0.3, 0.4) is 0 Å². The minimum Gasteiger partial charge on any atom is -0.579 e. The summed E-state index contributed by atoms with van der Waals surface area (Å²) in [5.74, 6) is 0. The first kappa shape index (κ1) is 6.86. The fourth-order valence-corrected chi connectivity index (χ4v) is 1.66. The number of aliphatic hydroxyl groups is 2. The van der Waals surface area contributed by atoms with Crippen LogP contribution in [0.2, 0.25) is 0 Å². The highest BCUT2D eigenvalue weighted by atomic mass is 16.5. The van der Waals surface area contributed by atoms with Crippen molar-refractivity contribution in [1.82, 2.24) is 0 Å². The minimum atomic E-state index is 0.437. The summed E-state index contributed by atoms with van der Waals surface area (Å²) in [5.41, 5.74) is 2.90. The van der Waals surface area contributed by atoms with Crippen LogP contribution >= 0.6 is 0 Å². The zero-order valence-corrected chi connectivity index (χ0v) is 6.46. The van der Waals surface area contributed by atoms with Gasteiger partial charge in [-0.15, -0.1) is 0 Å². The summed E-state index contributed by atoms with van der Waals surface area (Å²) in [6, 6.07) is 8.54. The van der Waals surface area contributed by atoms with E-state index in [0.717, 1.165) is 12.8 Å². The zero-order valence-electron chi connectivity index (χ0n) is 6.46. The lowest BCUT2D eigenvalue weighted by Gasteiger charge is -2.06. The Morgan fingerprint density at radius 1 is 1.18 bits per heavy atom. The summed E-state index contributed by atoms with van der Waals surface area (Å²) < 4.78 is 4.05. The minimum absolute atomic E-state index is 0.437. The average Bonchev–Trinajstić information content (AvgIpc) is 2.46. The van der Waals surface area contributed by atoms with E-state index in [0.29, 0.717) is 6.10 Å². The van der Waals surface area contributed by atoms with Crippen molar-refractivity contribution in [1.29, 1.82) is 0 Å². The summed E-state index contributed by atoms with van der Waals surface area (Å²) in [6.45, 7) is 0. The van der Waals surface area contributed by atoms with E-state index >= 15 is 0 Å². The van der Waals surface area contributed by atoms with Crippen molar-refractivity contribution in [2.75, 3.05) is 0 Å². The second kappa shape index (κ2) is 2.67. The van der Waals surface area contributed by atoms with Crippen molar-refractivity contribution in [2.45, 2.75) is 18.9 Å². The molecule has 1 aliphatic carbocycles. The molecular formula is C10H12O. The van der Waals surface area contributed by atoms with Gasteiger partial charge in [0.05, 0.1) is 0 Å². The zero-order chi connectivity index (χ0) is 7.68. The number of rotatable bonds is 1. The normalized spacial score (nSPS) is 16.8. The van der Waals surface area contributed by atoms with Gasteiger partial charge in [-0.25, -0.2) is 0 Å². The molecule has 0 aromatic heterocycles. The summed E-state index contributed by atoms with van der Waals surface area (Å²) in [5, 5.41) is 0. The molecule has 0 amide bonds.